The van der Waals surface area contributed by atoms with E-state index >= 15 is 0 Å². The molecule has 0 N–H and O–H groups in total. The van der Waals surface area contributed by atoms with Crippen molar-refractivity contribution in [3.8, 4) is 10.4 Å². The Morgan fingerprint density at radius 3 is 1.93 bits per heavy atom. The molecule has 2 rings (SSSR count). The van der Waals surface area contributed by atoms with Gasteiger partial charge < -0.3 is 0 Å². The summed E-state index contributed by atoms with van der Waals surface area (Å²) in [5, 5.41) is 0. The van der Waals surface area contributed by atoms with Crippen LogP contribution in [-0.4, -0.2) is 0 Å². The van der Waals surface area contributed by atoms with Gasteiger partial charge in [-0.3, -0.25) is 0 Å². The maximum atomic E-state index is 2.29. The zero-order chi connectivity index (χ0) is 11.0. The second-order valence-electron chi connectivity index (χ2n) is 4.15. The van der Waals surface area contributed by atoms with Gasteiger partial charge in [-0.15, -0.1) is 11.3 Å². The highest BCUT2D eigenvalue weighted by Crippen LogP contribution is 2.30. The lowest BCUT2D eigenvalue weighted by Crippen LogP contribution is -1.87. The van der Waals surface area contributed by atoms with Crippen LogP contribution >= 0.6 is 11.3 Å². The summed E-state index contributed by atoms with van der Waals surface area (Å²) in [6.45, 7) is 8.72. The van der Waals surface area contributed by atoms with Crippen LogP contribution in [-0.2, 0) is 0 Å². The Kier molecular flexibility index (Phi) is 2.66. The smallest absolute Gasteiger partial charge is 0.0345 e. The van der Waals surface area contributed by atoms with Crippen molar-refractivity contribution in [2.75, 3.05) is 0 Å². The van der Waals surface area contributed by atoms with Gasteiger partial charge in [-0.1, -0.05) is 12.1 Å². The highest BCUT2D eigenvalue weighted by molar-refractivity contribution is 7.15. The standard InChI is InChI=1S/C14H16S/c1-9-7-13(8-10(2)12(9)4)14-6-5-11(3)15-14/h5-8H,1-4H3. The first-order chi connectivity index (χ1) is 7.08. The number of rotatable bonds is 1. The highest BCUT2D eigenvalue weighted by atomic mass is 32.1. The van der Waals surface area contributed by atoms with E-state index in [0.717, 1.165) is 0 Å². The van der Waals surface area contributed by atoms with E-state index in [9.17, 15) is 0 Å². The summed E-state index contributed by atoms with van der Waals surface area (Å²) >= 11 is 1.86. The third-order valence-corrected chi connectivity index (χ3v) is 4.00. The van der Waals surface area contributed by atoms with Gasteiger partial charge in [-0.25, -0.2) is 0 Å². The molecule has 15 heavy (non-hydrogen) atoms. The fourth-order valence-electron chi connectivity index (χ4n) is 1.77. The maximum Gasteiger partial charge on any atom is 0.0345 e. The molecule has 1 aromatic carbocycles. The number of thiophene rings is 1. The van der Waals surface area contributed by atoms with Crippen molar-refractivity contribution < 1.29 is 0 Å². The van der Waals surface area contributed by atoms with Gasteiger partial charge in [0.2, 0.25) is 0 Å². The molecule has 0 spiro atoms. The first-order valence-corrected chi connectivity index (χ1v) is 6.04. The van der Waals surface area contributed by atoms with Crippen LogP contribution in [0.1, 0.15) is 21.6 Å². The second kappa shape index (κ2) is 3.82. The Hall–Kier alpha value is -1.08. The molecule has 78 valence electrons. The molecule has 2 aromatic rings. The molecule has 0 nitrogen and oxygen atoms in total. The van der Waals surface area contributed by atoms with Gasteiger partial charge in [0.1, 0.15) is 0 Å². The minimum Gasteiger partial charge on any atom is -0.141 e. The van der Waals surface area contributed by atoms with Gasteiger partial charge in [0.25, 0.3) is 0 Å². The zero-order valence-electron chi connectivity index (χ0n) is 9.72. The summed E-state index contributed by atoms with van der Waals surface area (Å²) in [6.07, 6.45) is 0. The average molecular weight is 216 g/mol. The van der Waals surface area contributed by atoms with Crippen LogP contribution in [0.4, 0.5) is 0 Å². The predicted octanol–water partition coefficient (Wildman–Crippen LogP) is 4.65. The molecule has 0 radical (unpaired) electrons. The van der Waals surface area contributed by atoms with Crippen molar-refractivity contribution in [2.45, 2.75) is 27.7 Å². The lowest BCUT2D eigenvalue weighted by molar-refractivity contribution is 1.27. The van der Waals surface area contributed by atoms with Crippen LogP contribution in [0.3, 0.4) is 0 Å². The largest absolute Gasteiger partial charge is 0.141 e. The Labute approximate surface area is 95.6 Å². The van der Waals surface area contributed by atoms with Crippen LogP contribution < -0.4 is 0 Å². The van der Waals surface area contributed by atoms with Crippen LogP contribution in [0.5, 0.6) is 0 Å². The molecule has 0 saturated carbocycles. The van der Waals surface area contributed by atoms with E-state index in [2.05, 4.69) is 52.0 Å². The first kappa shape index (κ1) is 10.4. The molecule has 0 unspecified atom stereocenters. The van der Waals surface area contributed by atoms with Crippen molar-refractivity contribution in [3.05, 3.63) is 45.8 Å². The monoisotopic (exact) mass is 216 g/mol. The topological polar surface area (TPSA) is 0 Å². The van der Waals surface area contributed by atoms with Gasteiger partial charge >= 0.3 is 0 Å². The minimum absolute atomic E-state index is 1.36. The molecule has 0 fully saturated rings. The molecule has 0 aliphatic rings. The van der Waals surface area contributed by atoms with E-state index < -0.39 is 0 Å². The fraction of sp³-hybridized carbons (Fsp3) is 0.286. The van der Waals surface area contributed by atoms with Crippen LogP contribution in [0.2, 0.25) is 0 Å². The fourth-order valence-corrected chi connectivity index (χ4v) is 2.62. The van der Waals surface area contributed by atoms with E-state index in [0.29, 0.717) is 0 Å². The van der Waals surface area contributed by atoms with Gasteiger partial charge in [0.05, 0.1) is 0 Å². The molecule has 0 aliphatic heterocycles. The SMILES string of the molecule is Cc1ccc(-c2cc(C)c(C)c(C)c2)s1. The normalized spacial score (nSPS) is 10.7. The predicted molar refractivity (Wildman–Crippen MR) is 68.7 cm³/mol. The molecule has 0 amide bonds. The number of benzene rings is 1. The molecule has 1 aromatic heterocycles. The number of hydrogen-bond donors (Lipinski definition) is 0. The summed E-state index contributed by atoms with van der Waals surface area (Å²) in [6, 6.07) is 8.97. The molecular weight excluding hydrogens is 200 g/mol. The summed E-state index contributed by atoms with van der Waals surface area (Å²) in [5.41, 5.74) is 5.54. The first-order valence-electron chi connectivity index (χ1n) is 5.22. The Bertz CT molecular complexity index is 469. The number of hydrogen-bond acceptors (Lipinski definition) is 1. The van der Waals surface area contributed by atoms with Crippen LogP contribution in [0.15, 0.2) is 24.3 Å². The van der Waals surface area contributed by atoms with Crippen molar-refractivity contribution in [3.63, 3.8) is 0 Å². The summed E-state index contributed by atoms with van der Waals surface area (Å²) in [5.74, 6) is 0. The Balaban J connectivity index is 2.55. The third-order valence-electron chi connectivity index (χ3n) is 2.95. The average Bonchev–Trinajstić information content (AvgIpc) is 2.60. The van der Waals surface area contributed by atoms with E-state index in [1.54, 1.807) is 0 Å². The molecule has 1 heterocycles. The van der Waals surface area contributed by atoms with Crippen molar-refractivity contribution in [1.82, 2.24) is 0 Å². The molecule has 0 saturated heterocycles. The Morgan fingerprint density at radius 1 is 0.867 bits per heavy atom. The quantitative estimate of drug-likeness (QED) is 0.651. The third kappa shape index (κ3) is 1.98. The van der Waals surface area contributed by atoms with Crippen LogP contribution in [0, 0.1) is 27.7 Å². The van der Waals surface area contributed by atoms with E-state index in [-0.39, 0.29) is 0 Å². The summed E-state index contributed by atoms with van der Waals surface area (Å²) < 4.78 is 0. The lowest BCUT2D eigenvalue weighted by atomic mass is 10.00. The number of aryl methyl sites for hydroxylation is 3. The zero-order valence-corrected chi connectivity index (χ0v) is 10.5. The lowest BCUT2D eigenvalue weighted by Gasteiger charge is -2.07. The maximum absolute atomic E-state index is 2.29. The molecular formula is C14H16S. The van der Waals surface area contributed by atoms with Gasteiger partial charge in [0.15, 0.2) is 0 Å². The summed E-state index contributed by atoms with van der Waals surface area (Å²) in [4.78, 5) is 2.75. The van der Waals surface area contributed by atoms with Crippen molar-refractivity contribution in [2.24, 2.45) is 0 Å². The Morgan fingerprint density at radius 2 is 1.47 bits per heavy atom. The van der Waals surface area contributed by atoms with Crippen molar-refractivity contribution in [1.29, 1.82) is 0 Å². The highest BCUT2D eigenvalue weighted by Gasteiger charge is 2.04. The van der Waals surface area contributed by atoms with E-state index in [1.165, 1.54) is 32.0 Å². The van der Waals surface area contributed by atoms with Gasteiger partial charge in [-0.05, 0) is 62.1 Å². The second-order valence-corrected chi connectivity index (χ2v) is 5.43. The van der Waals surface area contributed by atoms with Gasteiger partial charge in [-0.2, -0.15) is 0 Å². The molecule has 1 heteroatoms. The summed E-state index contributed by atoms with van der Waals surface area (Å²) in [7, 11) is 0. The minimum atomic E-state index is 1.36. The van der Waals surface area contributed by atoms with Gasteiger partial charge in [0, 0.05) is 9.75 Å². The van der Waals surface area contributed by atoms with E-state index in [1.807, 2.05) is 11.3 Å². The van der Waals surface area contributed by atoms with Crippen LogP contribution in [0.25, 0.3) is 10.4 Å². The van der Waals surface area contributed by atoms with Crippen molar-refractivity contribution >= 4 is 11.3 Å². The molecule has 0 atom stereocenters. The molecule has 0 aliphatic carbocycles. The molecule has 0 bridgehead atoms. The van der Waals surface area contributed by atoms with E-state index in [4.69, 9.17) is 0 Å².